The van der Waals surface area contributed by atoms with Crippen LogP contribution in [0, 0.1) is 6.92 Å². The summed E-state index contributed by atoms with van der Waals surface area (Å²) in [5.74, 6) is 2.03. The predicted molar refractivity (Wildman–Crippen MR) is 116 cm³/mol. The van der Waals surface area contributed by atoms with Gasteiger partial charge in [-0.2, -0.15) is 5.10 Å². The van der Waals surface area contributed by atoms with Crippen LogP contribution in [0.25, 0.3) is 0 Å². The van der Waals surface area contributed by atoms with Crippen LogP contribution in [0.2, 0.25) is 0 Å². The molecule has 0 spiro atoms. The number of aliphatic hydroxyl groups is 1. The highest BCUT2D eigenvalue weighted by Gasteiger charge is 2.26. The maximum absolute atomic E-state index is 11.5. The number of carbonyl (C=O) groups is 1. The van der Waals surface area contributed by atoms with Crippen molar-refractivity contribution in [3.63, 3.8) is 0 Å². The van der Waals surface area contributed by atoms with Crippen molar-refractivity contribution in [1.29, 1.82) is 0 Å². The number of rotatable bonds is 7. The quantitative estimate of drug-likeness (QED) is 0.427. The van der Waals surface area contributed by atoms with Crippen LogP contribution in [-0.4, -0.2) is 50.4 Å². The van der Waals surface area contributed by atoms with E-state index in [9.17, 15) is 9.90 Å². The Bertz CT molecular complexity index is 1030. The minimum atomic E-state index is -0.327. The molecule has 0 unspecified atom stereocenters. The second-order valence-corrected chi connectivity index (χ2v) is 8.08. The van der Waals surface area contributed by atoms with Crippen molar-refractivity contribution < 1.29 is 9.90 Å². The van der Waals surface area contributed by atoms with Crippen LogP contribution in [0.4, 0.5) is 23.1 Å². The average molecular weight is 426 g/mol. The summed E-state index contributed by atoms with van der Waals surface area (Å²) in [6, 6.07) is 11.3. The summed E-state index contributed by atoms with van der Waals surface area (Å²) in [5.41, 5.74) is 1.70. The van der Waals surface area contributed by atoms with Crippen molar-refractivity contribution in [2.24, 2.45) is 0 Å². The van der Waals surface area contributed by atoms with Crippen molar-refractivity contribution in [3.8, 4) is 0 Å². The van der Waals surface area contributed by atoms with Gasteiger partial charge in [-0.1, -0.05) is 6.92 Å². The van der Waals surface area contributed by atoms with E-state index in [0.29, 0.717) is 36.3 Å². The van der Waals surface area contributed by atoms with E-state index in [0.717, 1.165) is 22.1 Å². The first kappa shape index (κ1) is 20.2. The van der Waals surface area contributed by atoms with Crippen LogP contribution in [0.15, 0.2) is 46.5 Å². The number of aromatic nitrogens is 4. The number of nitrogens with zero attached hydrogens (tertiary/aromatic N) is 4. The molecule has 4 rings (SSSR count). The van der Waals surface area contributed by atoms with Gasteiger partial charge in [0.1, 0.15) is 11.6 Å². The van der Waals surface area contributed by atoms with Crippen LogP contribution in [0.1, 0.15) is 19.0 Å². The van der Waals surface area contributed by atoms with Crippen molar-refractivity contribution in [1.82, 2.24) is 20.2 Å². The number of nitrogens with one attached hydrogen (secondary N) is 3. The van der Waals surface area contributed by atoms with Gasteiger partial charge < -0.3 is 20.6 Å². The predicted octanol–water partition coefficient (Wildman–Crippen LogP) is 2.93. The Morgan fingerprint density at radius 1 is 1.23 bits per heavy atom. The minimum absolute atomic E-state index is 0.0208. The van der Waals surface area contributed by atoms with Crippen molar-refractivity contribution in [2.45, 2.75) is 36.4 Å². The number of β-amino-alcohol motifs (C(OH)–C–C–N with tert-alkyl or cyclic N) is 1. The first-order valence-corrected chi connectivity index (χ1v) is 10.5. The number of benzene rings is 1. The van der Waals surface area contributed by atoms with Gasteiger partial charge in [0.05, 0.1) is 6.10 Å². The molecular weight excluding hydrogens is 402 g/mol. The molecular formula is C20H23N7O2S. The number of hydrogen-bond acceptors (Lipinski definition) is 8. The molecule has 4 N–H and O–H groups in total. The molecule has 2 aromatic heterocycles. The molecule has 0 bridgehead atoms. The van der Waals surface area contributed by atoms with Gasteiger partial charge in [0.2, 0.25) is 5.91 Å². The maximum atomic E-state index is 11.5. The van der Waals surface area contributed by atoms with E-state index < -0.39 is 0 Å². The van der Waals surface area contributed by atoms with Crippen LogP contribution in [0.5, 0.6) is 0 Å². The zero-order chi connectivity index (χ0) is 21.1. The summed E-state index contributed by atoms with van der Waals surface area (Å²) >= 11 is 1.43. The molecule has 1 saturated heterocycles. The molecule has 10 heteroatoms. The van der Waals surface area contributed by atoms with Gasteiger partial charge in [-0.25, -0.2) is 9.97 Å². The highest BCUT2D eigenvalue weighted by atomic mass is 32.2. The van der Waals surface area contributed by atoms with Gasteiger partial charge in [-0.05, 0) is 43.0 Å². The fraction of sp³-hybridized carbons (Fsp3) is 0.300. The second-order valence-electron chi connectivity index (χ2n) is 7.04. The summed E-state index contributed by atoms with van der Waals surface area (Å²) in [6.07, 6.45) is 0.112. The second kappa shape index (κ2) is 8.72. The van der Waals surface area contributed by atoms with Crippen molar-refractivity contribution in [3.05, 3.63) is 42.1 Å². The van der Waals surface area contributed by atoms with E-state index in [1.807, 2.05) is 55.1 Å². The van der Waals surface area contributed by atoms with E-state index in [1.165, 1.54) is 11.8 Å². The Balaban J connectivity index is 1.54. The SMILES string of the molecule is CCC(=O)Nc1ccc(Sc2nc(Nc3cc(C)[nH]n3)cc(N3CC(O)C3)n2)cc1. The lowest BCUT2D eigenvalue weighted by Gasteiger charge is -2.37. The molecule has 1 aliphatic heterocycles. The van der Waals surface area contributed by atoms with Gasteiger partial charge in [0.25, 0.3) is 0 Å². The van der Waals surface area contributed by atoms with Crippen LogP contribution >= 0.6 is 11.8 Å². The first-order chi connectivity index (χ1) is 14.5. The Labute approximate surface area is 178 Å². The fourth-order valence-corrected chi connectivity index (χ4v) is 3.67. The summed E-state index contributed by atoms with van der Waals surface area (Å²) in [6.45, 7) is 4.84. The normalized spacial score (nSPS) is 13.8. The van der Waals surface area contributed by atoms with Gasteiger partial charge in [0, 0.05) is 47.9 Å². The summed E-state index contributed by atoms with van der Waals surface area (Å²) in [7, 11) is 0. The molecule has 1 aromatic carbocycles. The van der Waals surface area contributed by atoms with E-state index in [-0.39, 0.29) is 12.0 Å². The zero-order valence-corrected chi connectivity index (χ0v) is 17.5. The van der Waals surface area contributed by atoms with Gasteiger partial charge in [-0.3, -0.25) is 9.89 Å². The summed E-state index contributed by atoms with van der Waals surface area (Å²) in [5, 5.41) is 23.4. The molecule has 0 aliphatic carbocycles. The Hall–Kier alpha value is -3.11. The topological polar surface area (TPSA) is 119 Å². The first-order valence-electron chi connectivity index (χ1n) is 9.67. The highest BCUT2D eigenvalue weighted by molar-refractivity contribution is 7.99. The zero-order valence-electron chi connectivity index (χ0n) is 16.7. The van der Waals surface area contributed by atoms with Crippen molar-refractivity contribution >= 4 is 40.8 Å². The Kier molecular flexibility index (Phi) is 5.86. The summed E-state index contributed by atoms with van der Waals surface area (Å²) in [4.78, 5) is 23.7. The third-order valence-electron chi connectivity index (χ3n) is 4.51. The lowest BCUT2D eigenvalue weighted by atomic mass is 10.2. The summed E-state index contributed by atoms with van der Waals surface area (Å²) < 4.78 is 0. The van der Waals surface area contributed by atoms with Crippen LogP contribution in [-0.2, 0) is 4.79 Å². The monoisotopic (exact) mass is 425 g/mol. The average Bonchev–Trinajstić information content (AvgIpc) is 3.11. The van der Waals surface area contributed by atoms with E-state index in [2.05, 4.69) is 30.8 Å². The molecule has 0 radical (unpaired) electrons. The number of aromatic amines is 1. The van der Waals surface area contributed by atoms with E-state index in [4.69, 9.17) is 0 Å². The molecule has 1 aliphatic rings. The lowest BCUT2D eigenvalue weighted by Crippen LogP contribution is -2.51. The van der Waals surface area contributed by atoms with Gasteiger partial charge >= 0.3 is 0 Å². The largest absolute Gasteiger partial charge is 0.389 e. The molecule has 1 amide bonds. The fourth-order valence-electron chi connectivity index (χ4n) is 2.90. The molecule has 0 saturated carbocycles. The third kappa shape index (κ3) is 4.89. The van der Waals surface area contributed by atoms with E-state index in [1.54, 1.807) is 0 Å². The van der Waals surface area contributed by atoms with Gasteiger partial charge in [0.15, 0.2) is 11.0 Å². The minimum Gasteiger partial charge on any atom is -0.389 e. The van der Waals surface area contributed by atoms with Crippen LogP contribution < -0.4 is 15.5 Å². The molecule has 3 heterocycles. The third-order valence-corrected chi connectivity index (χ3v) is 5.38. The number of aryl methyl sites for hydroxylation is 1. The Morgan fingerprint density at radius 3 is 2.63 bits per heavy atom. The molecule has 3 aromatic rings. The van der Waals surface area contributed by atoms with Gasteiger partial charge in [-0.15, -0.1) is 0 Å². The molecule has 30 heavy (non-hydrogen) atoms. The molecule has 0 atom stereocenters. The highest BCUT2D eigenvalue weighted by Crippen LogP contribution is 2.31. The number of anilines is 4. The number of amides is 1. The number of carbonyl (C=O) groups excluding carboxylic acids is 1. The molecule has 156 valence electrons. The Morgan fingerprint density at radius 2 is 2.00 bits per heavy atom. The number of hydrogen-bond donors (Lipinski definition) is 4. The van der Waals surface area contributed by atoms with E-state index >= 15 is 0 Å². The van der Waals surface area contributed by atoms with Crippen LogP contribution in [0.3, 0.4) is 0 Å². The maximum Gasteiger partial charge on any atom is 0.224 e. The lowest BCUT2D eigenvalue weighted by molar-refractivity contribution is -0.115. The number of H-pyrrole nitrogens is 1. The molecule has 9 nitrogen and oxygen atoms in total. The smallest absolute Gasteiger partial charge is 0.224 e. The standard InChI is InChI=1S/C20H23N7O2S/c1-3-19(29)21-13-4-6-15(7-5-13)30-20-23-16(22-17-8-12(2)25-26-17)9-18(24-20)27-10-14(28)11-27/h4-9,14,28H,3,10-11H2,1-2H3,(H,21,29)(H2,22,23,24,25,26). The van der Waals surface area contributed by atoms with Crippen molar-refractivity contribution in [2.75, 3.05) is 28.6 Å². The molecule has 1 fully saturated rings. The number of aliphatic hydroxyl groups excluding tert-OH is 1.